The number of halogens is 5. The highest BCUT2D eigenvalue weighted by atomic mass is 35.5. The van der Waals surface area contributed by atoms with Crippen LogP contribution in [0.2, 0.25) is 5.02 Å². The van der Waals surface area contributed by atoms with E-state index >= 15 is 4.39 Å². The molecule has 172 valence electrons. The van der Waals surface area contributed by atoms with Gasteiger partial charge >= 0.3 is 0 Å². The van der Waals surface area contributed by atoms with E-state index in [9.17, 15) is 13.2 Å². The van der Waals surface area contributed by atoms with Gasteiger partial charge in [-0.05, 0) is 84.7 Å². The highest BCUT2D eigenvalue weighted by Gasteiger charge is 2.21. The Morgan fingerprint density at radius 2 is 1.45 bits per heavy atom. The normalized spacial score (nSPS) is 18.3. The maximum atomic E-state index is 15.1. The quantitative estimate of drug-likeness (QED) is 0.191. The van der Waals surface area contributed by atoms with Crippen molar-refractivity contribution < 1.29 is 17.6 Å². The van der Waals surface area contributed by atoms with E-state index in [1.807, 2.05) is 18.2 Å². The predicted molar refractivity (Wildman–Crippen MR) is 125 cm³/mol. The van der Waals surface area contributed by atoms with Crippen molar-refractivity contribution in [1.82, 2.24) is 0 Å². The molecule has 0 aromatic heterocycles. The van der Waals surface area contributed by atoms with E-state index < -0.39 is 23.3 Å². The van der Waals surface area contributed by atoms with Gasteiger partial charge in [0.05, 0.1) is 5.02 Å². The van der Waals surface area contributed by atoms with Crippen LogP contribution in [0.25, 0.3) is 11.1 Å². The van der Waals surface area contributed by atoms with E-state index in [1.54, 1.807) is 12.1 Å². The molecule has 0 radical (unpaired) electrons. The number of aryl methyl sites for hydroxylation is 2. The van der Waals surface area contributed by atoms with Gasteiger partial charge in [0.2, 0.25) is 0 Å². The second-order valence-electron chi connectivity index (χ2n) is 8.74. The lowest BCUT2D eigenvalue weighted by Gasteiger charge is -2.27. The smallest absolute Gasteiger partial charge is 0.194 e. The first kappa shape index (κ1) is 23.6. The van der Waals surface area contributed by atoms with Gasteiger partial charge in [0, 0.05) is 5.56 Å². The van der Waals surface area contributed by atoms with Crippen LogP contribution in [0.5, 0.6) is 0 Å². The molecule has 1 aliphatic carbocycles. The summed E-state index contributed by atoms with van der Waals surface area (Å²) in [5.74, 6) is -3.37. The third kappa shape index (κ3) is 5.16. The number of rotatable bonds is 6. The van der Waals surface area contributed by atoms with Crippen molar-refractivity contribution in [2.45, 2.75) is 44.4 Å². The summed E-state index contributed by atoms with van der Waals surface area (Å²) in [5.41, 5.74) is 3.23. The Balaban J connectivity index is 1.47. The number of hydrogen-bond donors (Lipinski definition) is 0. The average molecular weight is 473 g/mol. The molecule has 1 fully saturated rings. The second-order valence-corrected chi connectivity index (χ2v) is 9.12. The highest BCUT2D eigenvalue weighted by Crippen LogP contribution is 2.37. The maximum absolute atomic E-state index is 15.1. The van der Waals surface area contributed by atoms with Crippen LogP contribution >= 0.6 is 11.6 Å². The first-order valence-electron chi connectivity index (χ1n) is 11.2. The molecule has 0 saturated heterocycles. The standard InChI is InChI=1S/C28H25ClF4/c1-2-17-3-6-19(7-4-17)20-9-11-21(12-10-20)23-14-13-22(26(29)27(23)32)8-5-18-15-24(30)28(33)25(31)16-18/h2,9-17,19H,1,3-8H2. The van der Waals surface area contributed by atoms with Crippen LogP contribution in [-0.2, 0) is 12.8 Å². The van der Waals surface area contributed by atoms with Gasteiger partial charge in [0.15, 0.2) is 17.5 Å². The SMILES string of the molecule is C=CC1CCC(c2ccc(-c3ccc(CCc4cc(F)c(F)c(F)c4)c(Cl)c3F)cc2)CC1. The van der Waals surface area contributed by atoms with Gasteiger partial charge in [-0.1, -0.05) is 54.1 Å². The first-order chi connectivity index (χ1) is 15.9. The fourth-order valence-corrected chi connectivity index (χ4v) is 4.92. The van der Waals surface area contributed by atoms with E-state index in [1.165, 1.54) is 5.56 Å². The summed E-state index contributed by atoms with van der Waals surface area (Å²) >= 11 is 6.29. The van der Waals surface area contributed by atoms with Crippen LogP contribution in [-0.4, -0.2) is 0 Å². The van der Waals surface area contributed by atoms with Gasteiger partial charge in [-0.2, -0.15) is 0 Å². The molecule has 0 N–H and O–H groups in total. The van der Waals surface area contributed by atoms with E-state index in [4.69, 9.17) is 11.6 Å². The lowest BCUT2D eigenvalue weighted by molar-refractivity contribution is 0.376. The van der Waals surface area contributed by atoms with Crippen LogP contribution in [0.1, 0.15) is 48.3 Å². The summed E-state index contributed by atoms with van der Waals surface area (Å²) in [6, 6.07) is 13.3. The minimum Gasteiger partial charge on any atom is -0.205 e. The molecule has 33 heavy (non-hydrogen) atoms. The predicted octanol–water partition coefficient (Wildman–Crippen LogP) is 8.81. The Morgan fingerprint density at radius 3 is 2.06 bits per heavy atom. The molecule has 0 unspecified atom stereocenters. The highest BCUT2D eigenvalue weighted by molar-refractivity contribution is 6.31. The Labute approximate surface area is 196 Å². The summed E-state index contributed by atoms with van der Waals surface area (Å²) in [4.78, 5) is 0. The van der Waals surface area contributed by atoms with Gasteiger partial charge in [-0.25, -0.2) is 17.6 Å². The molecular formula is C28H25ClF4. The van der Waals surface area contributed by atoms with E-state index in [0.717, 1.165) is 43.4 Å². The van der Waals surface area contributed by atoms with Crippen molar-refractivity contribution in [2.24, 2.45) is 5.92 Å². The Kier molecular flexibility index (Phi) is 7.23. The Hall–Kier alpha value is -2.59. The van der Waals surface area contributed by atoms with Gasteiger partial charge in [0.25, 0.3) is 0 Å². The zero-order chi connectivity index (χ0) is 23.5. The molecule has 0 heterocycles. The van der Waals surface area contributed by atoms with Gasteiger partial charge in [-0.3, -0.25) is 0 Å². The Bertz CT molecular complexity index is 1120. The summed E-state index contributed by atoms with van der Waals surface area (Å²) in [7, 11) is 0. The molecule has 0 amide bonds. The van der Waals surface area contributed by atoms with Gasteiger partial charge in [0.1, 0.15) is 5.82 Å². The molecule has 3 aromatic carbocycles. The molecular weight excluding hydrogens is 448 g/mol. The van der Waals surface area contributed by atoms with Crippen LogP contribution in [0.4, 0.5) is 17.6 Å². The average Bonchev–Trinajstić information content (AvgIpc) is 2.83. The third-order valence-electron chi connectivity index (χ3n) is 6.69. The molecule has 0 nitrogen and oxygen atoms in total. The summed E-state index contributed by atoms with van der Waals surface area (Å²) in [5, 5.41) is -0.0117. The minimum absolute atomic E-state index is 0.0117. The maximum Gasteiger partial charge on any atom is 0.194 e. The van der Waals surface area contributed by atoms with Crippen LogP contribution in [0.3, 0.4) is 0 Å². The molecule has 4 rings (SSSR count). The molecule has 1 aliphatic rings. The summed E-state index contributed by atoms with van der Waals surface area (Å²) < 4.78 is 55.1. The molecule has 0 aliphatic heterocycles. The van der Waals surface area contributed by atoms with E-state index in [-0.39, 0.29) is 23.4 Å². The Morgan fingerprint density at radius 1 is 0.818 bits per heavy atom. The largest absolute Gasteiger partial charge is 0.205 e. The molecule has 0 atom stereocenters. The third-order valence-corrected chi connectivity index (χ3v) is 7.10. The summed E-state index contributed by atoms with van der Waals surface area (Å²) in [6.45, 7) is 3.90. The number of hydrogen-bond acceptors (Lipinski definition) is 0. The topological polar surface area (TPSA) is 0 Å². The van der Waals surface area contributed by atoms with E-state index in [2.05, 4.69) is 18.7 Å². The van der Waals surface area contributed by atoms with Crippen molar-refractivity contribution in [1.29, 1.82) is 0 Å². The van der Waals surface area contributed by atoms with Crippen molar-refractivity contribution in [2.75, 3.05) is 0 Å². The number of allylic oxidation sites excluding steroid dienone is 1. The molecule has 0 bridgehead atoms. The van der Waals surface area contributed by atoms with E-state index in [0.29, 0.717) is 23.0 Å². The second kappa shape index (κ2) is 10.1. The zero-order valence-electron chi connectivity index (χ0n) is 18.2. The lowest BCUT2D eigenvalue weighted by Crippen LogP contribution is -2.11. The summed E-state index contributed by atoms with van der Waals surface area (Å²) in [6.07, 6.45) is 7.09. The molecule has 5 heteroatoms. The first-order valence-corrected chi connectivity index (χ1v) is 11.6. The molecule has 3 aromatic rings. The van der Waals surface area contributed by atoms with Crippen molar-refractivity contribution in [3.05, 3.63) is 106 Å². The van der Waals surface area contributed by atoms with Crippen molar-refractivity contribution in [3.8, 4) is 11.1 Å². The van der Waals surface area contributed by atoms with Crippen molar-refractivity contribution >= 4 is 11.6 Å². The van der Waals surface area contributed by atoms with Crippen LogP contribution in [0, 0.1) is 29.2 Å². The van der Waals surface area contributed by atoms with Gasteiger partial charge < -0.3 is 0 Å². The zero-order valence-corrected chi connectivity index (χ0v) is 18.9. The van der Waals surface area contributed by atoms with Crippen LogP contribution in [0.15, 0.2) is 61.2 Å². The molecule has 1 saturated carbocycles. The number of benzene rings is 3. The minimum atomic E-state index is -1.50. The lowest BCUT2D eigenvalue weighted by atomic mass is 9.78. The fourth-order valence-electron chi connectivity index (χ4n) is 4.66. The van der Waals surface area contributed by atoms with Gasteiger partial charge in [-0.15, -0.1) is 6.58 Å². The van der Waals surface area contributed by atoms with Crippen LogP contribution < -0.4 is 0 Å². The monoisotopic (exact) mass is 472 g/mol. The fraction of sp³-hybridized carbons (Fsp3) is 0.286. The van der Waals surface area contributed by atoms with Crippen molar-refractivity contribution in [3.63, 3.8) is 0 Å². The molecule has 0 spiro atoms.